The molecule has 0 radical (unpaired) electrons. The van der Waals surface area contributed by atoms with Gasteiger partial charge in [0.05, 0.1) is 0 Å². The van der Waals surface area contributed by atoms with Gasteiger partial charge in [0.15, 0.2) is 0 Å². The van der Waals surface area contributed by atoms with Gasteiger partial charge in [-0.25, -0.2) is 4.98 Å². The summed E-state index contributed by atoms with van der Waals surface area (Å²) in [5, 5.41) is 6.73. The van der Waals surface area contributed by atoms with E-state index < -0.39 is 0 Å². The highest BCUT2D eigenvalue weighted by Crippen LogP contribution is 2.11. The number of hydrogen-bond acceptors (Lipinski definition) is 6. The maximum Gasteiger partial charge on any atom is 0.239 e. The molecule has 0 aromatic carbocycles. The second-order valence-electron chi connectivity index (χ2n) is 5.15. The summed E-state index contributed by atoms with van der Waals surface area (Å²) in [6.07, 6.45) is 6.43. The molecule has 0 saturated heterocycles. The molecule has 3 aromatic rings. The van der Waals surface area contributed by atoms with Crippen LogP contribution in [-0.2, 0) is 24.2 Å². The van der Waals surface area contributed by atoms with Crippen LogP contribution in [0.4, 0.5) is 0 Å². The Balaban J connectivity index is 1.48. The summed E-state index contributed by atoms with van der Waals surface area (Å²) in [7, 11) is 0. The van der Waals surface area contributed by atoms with Crippen LogP contribution in [0.25, 0.3) is 11.5 Å². The van der Waals surface area contributed by atoms with E-state index in [-0.39, 0.29) is 12.5 Å². The topological polar surface area (TPSA) is 98.7 Å². The van der Waals surface area contributed by atoms with Crippen molar-refractivity contribution in [3.8, 4) is 11.5 Å². The number of imidazole rings is 1. The summed E-state index contributed by atoms with van der Waals surface area (Å²) < 4.78 is 7.01. The van der Waals surface area contributed by atoms with E-state index in [9.17, 15) is 4.79 Å². The molecule has 0 bridgehead atoms. The van der Waals surface area contributed by atoms with E-state index >= 15 is 0 Å². The summed E-state index contributed by atoms with van der Waals surface area (Å²) in [5.41, 5.74) is 0.656. The second-order valence-corrected chi connectivity index (χ2v) is 5.15. The monoisotopic (exact) mass is 326 g/mol. The Labute approximate surface area is 138 Å². The van der Waals surface area contributed by atoms with Crippen molar-refractivity contribution in [2.45, 2.75) is 26.3 Å². The molecule has 0 aliphatic carbocycles. The first kappa shape index (κ1) is 15.9. The van der Waals surface area contributed by atoms with Crippen LogP contribution < -0.4 is 5.32 Å². The van der Waals surface area contributed by atoms with E-state index in [2.05, 4.69) is 25.4 Å². The Hall–Kier alpha value is -3.03. The molecule has 3 aromatic heterocycles. The van der Waals surface area contributed by atoms with Gasteiger partial charge in [-0.1, -0.05) is 18.1 Å². The standard InChI is InChI=1S/C16H18N6O2/c1-2-13-18-9-10-22(13)11-14(23)19-8-6-15-20-16(21-24-15)12-5-3-4-7-17-12/h3-5,7,9-10H,2,6,8,11H2,1H3,(H,19,23). The lowest BCUT2D eigenvalue weighted by Crippen LogP contribution is -2.29. The molecule has 3 rings (SSSR count). The third-order valence-corrected chi connectivity index (χ3v) is 3.45. The van der Waals surface area contributed by atoms with Crippen molar-refractivity contribution in [1.82, 2.24) is 30.0 Å². The zero-order chi connectivity index (χ0) is 16.8. The molecule has 1 N–H and O–H groups in total. The van der Waals surface area contributed by atoms with Crippen LogP contribution in [0.15, 0.2) is 41.3 Å². The minimum Gasteiger partial charge on any atom is -0.354 e. The molecule has 0 saturated carbocycles. The summed E-state index contributed by atoms with van der Waals surface area (Å²) in [5.74, 6) is 1.73. The summed E-state index contributed by atoms with van der Waals surface area (Å²) in [4.78, 5) is 24.6. The van der Waals surface area contributed by atoms with Gasteiger partial charge < -0.3 is 14.4 Å². The molecule has 3 heterocycles. The third-order valence-electron chi connectivity index (χ3n) is 3.45. The molecule has 0 unspecified atom stereocenters. The van der Waals surface area contributed by atoms with Crippen molar-refractivity contribution in [2.75, 3.05) is 6.54 Å². The van der Waals surface area contributed by atoms with Crippen LogP contribution in [0.1, 0.15) is 18.6 Å². The van der Waals surface area contributed by atoms with Crippen LogP contribution >= 0.6 is 0 Å². The number of pyridine rings is 1. The van der Waals surface area contributed by atoms with Gasteiger partial charge in [0, 0.05) is 38.0 Å². The number of rotatable bonds is 7. The zero-order valence-corrected chi connectivity index (χ0v) is 13.3. The molecule has 124 valence electrons. The van der Waals surface area contributed by atoms with E-state index in [0.29, 0.717) is 30.4 Å². The van der Waals surface area contributed by atoms with Crippen molar-refractivity contribution in [3.05, 3.63) is 48.5 Å². The van der Waals surface area contributed by atoms with Gasteiger partial charge in [0.2, 0.25) is 17.6 Å². The Bertz CT molecular complexity index is 796. The summed E-state index contributed by atoms with van der Waals surface area (Å²) in [6, 6.07) is 5.50. The highest BCUT2D eigenvalue weighted by Gasteiger charge is 2.10. The minimum atomic E-state index is -0.0767. The number of aromatic nitrogens is 5. The third kappa shape index (κ3) is 3.83. The molecular weight excluding hydrogens is 308 g/mol. The lowest BCUT2D eigenvalue weighted by atomic mass is 10.3. The van der Waals surface area contributed by atoms with Gasteiger partial charge in [-0.2, -0.15) is 4.98 Å². The lowest BCUT2D eigenvalue weighted by molar-refractivity contribution is -0.121. The van der Waals surface area contributed by atoms with Gasteiger partial charge in [-0.05, 0) is 12.1 Å². The fourth-order valence-electron chi connectivity index (χ4n) is 2.27. The highest BCUT2D eigenvalue weighted by atomic mass is 16.5. The Kier molecular flexibility index (Phi) is 4.95. The number of hydrogen-bond donors (Lipinski definition) is 1. The van der Waals surface area contributed by atoms with Crippen molar-refractivity contribution < 1.29 is 9.32 Å². The maximum absolute atomic E-state index is 12.0. The Morgan fingerprint density at radius 1 is 1.29 bits per heavy atom. The lowest BCUT2D eigenvalue weighted by Gasteiger charge is -2.06. The molecule has 0 fully saturated rings. The smallest absolute Gasteiger partial charge is 0.239 e. The summed E-state index contributed by atoms with van der Waals surface area (Å²) >= 11 is 0. The normalized spacial score (nSPS) is 10.7. The molecule has 24 heavy (non-hydrogen) atoms. The van der Waals surface area contributed by atoms with Crippen LogP contribution in [0.5, 0.6) is 0 Å². The van der Waals surface area contributed by atoms with Crippen LogP contribution in [-0.4, -0.2) is 37.1 Å². The van der Waals surface area contributed by atoms with E-state index in [0.717, 1.165) is 12.2 Å². The maximum atomic E-state index is 12.0. The SMILES string of the molecule is CCc1nccn1CC(=O)NCCc1nc(-c2ccccn2)no1. The molecule has 0 aliphatic rings. The Morgan fingerprint density at radius 2 is 2.21 bits per heavy atom. The molecule has 0 atom stereocenters. The largest absolute Gasteiger partial charge is 0.354 e. The second kappa shape index (κ2) is 7.49. The minimum absolute atomic E-state index is 0.0767. The van der Waals surface area contributed by atoms with Crippen LogP contribution in [0, 0.1) is 0 Å². The average molecular weight is 326 g/mol. The van der Waals surface area contributed by atoms with Crippen molar-refractivity contribution in [1.29, 1.82) is 0 Å². The molecule has 8 nitrogen and oxygen atoms in total. The predicted octanol–water partition coefficient (Wildman–Crippen LogP) is 1.25. The number of nitrogens with one attached hydrogen (secondary N) is 1. The predicted molar refractivity (Wildman–Crippen MR) is 85.8 cm³/mol. The van der Waals surface area contributed by atoms with E-state index in [1.54, 1.807) is 18.6 Å². The van der Waals surface area contributed by atoms with Crippen molar-refractivity contribution in [2.24, 2.45) is 0 Å². The van der Waals surface area contributed by atoms with Gasteiger partial charge in [-0.15, -0.1) is 0 Å². The van der Waals surface area contributed by atoms with Crippen molar-refractivity contribution in [3.63, 3.8) is 0 Å². The van der Waals surface area contributed by atoms with E-state index in [1.165, 1.54) is 0 Å². The number of nitrogens with zero attached hydrogens (tertiary/aromatic N) is 5. The van der Waals surface area contributed by atoms with Gasteiger partial charge in [-0.3, -0.25) is 9.78 Å². The van der Waals surface area contributed by atoms with Gasteiger partial charge >= 0.3 is 0 Å². The number of carbonyl (C=O) groups is 1. The number of aryl methyl sites for hydroxylation is 1. The quantitative estimate of drug-likeness (QED) is 0.701. The highest BCUT2D eigenvalue weighted by molar-refractivity contribution is 5.75. The molecule has 8 heteroatoms. The van der Waals surface area contributed by atoms with Crippen LogP contribution in [0.3, 0.4) is 0 Å². The fraction of sp³-hybridized carbons (Fsp3) is 0.312. The summed E-state index contributed by atoms with van der Waals surface area (Å²) in [6.45, 7) is 2.69. The first-order valence-electron chi connectivity index (χ1n) is 7.77. The van der Waals surface area contributed by atoms with E-state index in [4.69, 9.17) is 4.52 Å². The van der Waals surface area contributed by atoms with E-state index in [1.807, 2.05) is 29.7 Å². The van der Waals surface area contributed by atoms with Crippen molar-refractivity contribution >= 4 is 5.91 Å². The fourth-order valence-corrected chi connectivity index (χ4v) is 2.27. The molecule has 1 amide bonds. The molecule has 0 aliphatic heterocycles. The average Bonchev–Trinajstić information content (AvgIpc) is 3.25. The number of amides is 1. The molecule has 0 spiro atoms. The first-order valence-corrected chi connectivity index (χ1v) is 7.77. The Morgan fingerprint density at radius 3 is 3.00 bits per heavy atom. The zero-order valence-electron chi connectivity index (χ0n) is 13.3. The number of carbonyl (C=O) groups excluding carboxylic acids is 1. The van der Waals surface area contributed by atoms with Gasteiger partial charge in [0.25, 0.3) is 0 Å². The van der Waals surface area contributed by atoms with Crippen LogP contribution in [0.2, 0.25) is 0 Å². The van der Waals surface area contributed by atoms with Gasteiger partial charge in [0.1, 0.15) is 18.1 Å². The first-order chi connectivity index (χ1) is 11.8. The molecular formula is C16H18N6O2.